The summed E-state index contributed by atoms with van der Waals surface area (Å²) < 4.78 is 6.19. The molecule has 0 aliphatic rings. The fourth-order valence-corrected chi connectivity index (χ4v) is 2.82. The second kappa shape index (κ2) is 12.1. The van der Waals surface area contributed by atoms with E-state index in [4.69, 9.17) is 4.42 Å². The van der Waals surface area contributed by atoms with Gasteiger partial charge in [-0.3, -0.25) is 4.79 Å². The summed E-state index contributed by atoms with van der Waals surface area (Å²) in [6.07, 6.45) is 3.83. The van der Waals surface area contributed by atoms with Crippen molar-refractivity contribution in [3.05, 3.63) is 71.0 Å². The van der Waals surface area contributed by atoms with E-state index < -0.39 is 41.5 Å². The molecule has 1 aromatic carbocycles. The monoisotopic (exact) mass is 441 g/mol. The van der Waals surface area contributed by atoms with Gasteiger partial charge >= 0.3 is 65.1 Å². The Kier molecular flexibility index (Phi) is 10.6. The number of carboxylic acids is 1. The van der Waals surface area contributed by atoms with Gasteiger partial charge in [0.1, 0.15) is 5.69 Å². The average molecular weight is 441 g/mol. The molecular formula is C20H17N3Na2O6. The molecule has 0 fully saturated rings. The molecule has 0 unspecified atom stereocenters. The molecule has 2 N–H and O–H groups in total. The quantitative estimate of drug-likeness (QED) is 0.367. The molecule has 2 amide bonds. The summed E-state index contributed by atoms with van der Waals surface area (Å²) in [7, 11) is 1.44. The number of aromatic nitrogens is 1. The molecule has 11 heteroatoms. The van der Waals surface area contributed by atoms with Crippen molar-refractivity contribution in [2.24, 2.45) is 7.05 Å². The van der Waals surface area contributed by atoms with Gasteiger partial charge in [-0.1, -0.05) is 30.0 Å². The molecule has 3 aromatic rings. The minimum absolute atomic E-state index is 0. The SMILES string of the molecule is Cn1ccc([O-])c(NC(=O)N[C@@H](CC(=O)[O-])c2cccc(-c3ccoc3)c2)c1=O.[Na+].[Na+]. The summed E-state index contributed by atoms with van der Waals surface area (Å²) in [4.78, 5) is 35.6. The van der Waals surface area contributed by atoms with Crippen molar-refractivity contribution in [2.45, 2.75) is 12.5 Å². The fraction of sp³-hybridized carbons (Fsp3) is 0.150. The maximum Gasteiger partial charge on any atom is 1.00 e. The van der Waals surface area contributed by atoms with Crippen molar-refractivity contribution in [3.63, 3.8) is 0 Å². The summed E-state index contributed by atoms with van der Waals surface area (Å²) in [6, 6.07) is 7.93. The van der Waals surface area contributed by atoms with Crippen LogP contribution in [0.1, 0.15) is 18.0 Å². The Labute approximate surface area is 222 Å². The molecule has 31 heavy (non-hydrogen) atoms. The standard InChI is InChI=1S/C20H19N3O6.2Na/c1-23-7-5-16(24)18(19(23)27)22-20(28)21-15(10-17(25)26)13-4-2-3-12(9-13)14-6-8-29-11-14;;/h2-9,11,15,24H,10H2,1H3,(H,25,26)(H2,21,22,28);;/q;2*+1/p-2/t15-;;/m0../s1. The molecule has 0 aliphatic heterocycles. The number of amides is 2. The van der Waals surface area contributed by atoms with Crippen LogP contribution in [0.3, 0.4) is 0 Å². The number of hydrogen-bond acceptors (Lipinski definition) is 6. The summed E-state index contributed by atoms with van der Waals surface area (Å²) in [5.41, 5.74) is 0.956. The predicted molar refractivity (Wildman–Crippen MR) is 99.8 cm³/mol. The average Bonchev–Trinajstić information content (AvgIpc) is 3.22. The number of carbonyl (C=O) groups is 2. The molecule has 0 bridgehead atoms. The van der Waals surface area contributed by atoms with E-state index in [0.717, 1.165) is 21.8 Å². The maximum absolute atomic E-state index is 12.4. The van der Waals surface area contributed by atoms with Crippen LogP contribution >= 0.6 is 0 Å². The van der Waals surface area contributed by atoms with Crippen LogP contribution in [0.4, 0.5) is 10.5 Å². The van der Waals surface area contributed by atoms with Gasteiger partial charge in [-0.2, -0.15) is 0 Å². The summed E-state index contributed by atoms with van der Waals surface area (Å²) in [6.45, 7) is 0. The van der Waals surface area contributed by atoms with Gasteiger partial charge in [0, 0.05) is 31.2 Å². The zero-order chi connectivity index (χ0) is 21.0. The number of nitrogens with zero attached hydrogens (tertiary/aromatic N) is 1. The number of hydrogen-bond donors (Lipinski definition) is 2. The third-order valence-corrected chi connectivity index (χ3v) is 4.29. The molecule has 3 rings (SSSR count). The third kappa shape index (κ3) is 6.99. The zero-order valence-electron chi connectivity index (χ0n) is 17.4. The third-order valence-electron chi connectivity index (χ3n) is 4.29. The molecule has 2 heterocycles. The van der Waals surface area contributed by atoms with E-state index in [2.05, 4.69) is 10.6 Å². The van der Waals surface area contributed by atoms with Crippen LogP contribution < -0.4 is 85.5 Å². The molecular weight excluding hydrogens is 424 g/mol. The number of furan rings is 1. The van der Waals surface area contributed by atoms with Crippen molar-refractivity contribution in [1.82, 2.24) is 9.88 Å². The molecule has 0 spiro atoms. The number of carbonyl (C=O) groups excluding carboxylic acids is 2. The number of aryl methyl sites for hydroxylation is 1. The predicted octanol–water partition coefficient (Wildman–Crippen LogP) is -5.27. The number of carboxylic acid groups (broad SMARTS) is 1. The number of anilines is 1. The topological polar surface area (TPSA) is 139 Å². The summed E-state index contributed by atoms with van der Waals surface area (Å²) in [5, 5.41) is 27.7. The molecule has 0 radical (unpaired) electrons. The largest absolute Gasteiger partial charge is 1.00 e. The Balaban J connectivity index is 0.00000240. The molecule has 9 nitrogen and oxygen atoms in total. The van der Waals surface area contributed by atoms with E-state index in [1.54, 1.807) is 24.3 Å². The van der Waals surface area contributed by atoms with Crippen molar-refractivity contribution >= 4 is 17.7 Å². The van der Waals surface area contributed by atoms with Crippen LogP contribution in [0.15, 0.2) is 64.3 Å². The maximum atomic E-state index is 12.4. The second-order valence-corrected chi connectivity index (χ2v) is 6.34. The van der Waals surface area contributed by atoms with Crippen molar-refractivity contribution < 1.29 is 83.3 Å². The van der Waals surface area contributed by atoms with Gasteiger partial charge in [-0.05, 0) is 23.3 Å². The minimum Gasteiger partial charge on any atom is -0.871 e. The van der Waals surface area contributed by atoms with E-state index in [9.17, 15) is 24.6 Å². The van der Waals surface area contributed by atoms with Crippen LogP contribution in [0.25, 0.3) is 11.1 Å². The van der Waals surface area contributed by atoms with Gasteiger partial charge in [0.25, 0.3) is 5.56 Å². The van der Waals surface area contributed by atoms with E-state index >= 15 is 0 Å². The van der Waals surface area contributed by atoms with Gasteiger partial charge in [0.05, 0.1) is 18.6 Å². The van der Waals surface area contributed by atoms with Gasteiger partial charge < -0.3 is 34.6 Å². The van der Waals surface area contributed by atoms with Crippen LogP contribution in [-0.4, -0.2) is 16.6 Å². The van der Waals surface area contributed by atoms with Gasteiger partial charge in [-0.15, -0.1) is 0 Å². The first-order valence-electron chi connectivity index (χ1n) is 8.61. The zero-order valence-corrected chi connectivity index (χ0v) is 21.4. The Hall–Kier alpha value is -2.01. The van der Waals surface area contributed by atoms with Gasteiger partial charge in [0.2, 0.25) is 0 Å². The smallest absolute Gasteiger partial charge is 0.871 e. The molecule has 2 aromatic heterocycles. The number of rotatable bonds is 6. The molecule has 0 saturated heterocycles. The Morgan fingerprint density at radius 3 is 2.55 bits per heavy atom. The van der Waals surface area contributed by atoms with Crippen LogP contribution in [-0.2, 0) is 11.8 Å². The first-order chi connectivity index (χ1) is 13.8. The Bertz CT molecular complexity index is 1100. The number of urea groups is 1. The Morgan fingerprint density at radius 1 is 1.16 bits per heavy atom. The molecule has 0 saturated carbocycles. The van der Waals surface area contributed by atoms with Gasteiger partial charge in [-0.25, -0.2) is 4.79 Å². The van der Waals surface area contributed by atoms with Crippen LogP contribution in [0.5, 0.6) is 5.75 Å². The van der Waals surface area contributed by atoms with Crippen molar-refractivity contribution in [3.8, 4) is 16.9 Å². The van der Waals surface area contributed by atoms with Crippen molar-refractivity contribution in [1.29, 1.82) is 0 Å². The molecule has 150 valence electrons. The van der Waals surface area contributed by atoms with Crippen molar-refractivity contribution in [2.75, 3.05) is 5.32 Å². The summed E-state index contributed by atoms with van der Waals surface area (Å²) >= 11 is 0. The van der Waals surface area contributed by atoms with Crippen LogP contribution in [0.2, 0.25) is 0 Å². The van der Waals surface area contributed by atoms with Crippen LogP contribution in [0, 0.1) is 0 Å². The van der Waals surface area contributed by atoms with E-state index in [0.29, 0.717) is 5.56 Å². The minimum atomic E-state index is -1.37. The number of pyridine rings is 1. The van der Waals surface area contributed by atoms with Gasteiger partial charge in [0.15, 0.2) is 0 Å². The first-order valence-corrected chi connectivity index (χ1v) is 8.61. The molecule has 1 atom stereocenters. The van der Waals surface area contributed by atoms with E-state index in [1.807, 2.05) is 6.07 Å². The van der Waals surface area contributed by atoms with E-state index in [1.165, 1.54) is 25.8 Å². The number of nitrogens with one attached hydrogen (secondary N) is 2. The summed E-state index contributed by atoms with van der Waals surface area (Å²) in [5.74, 6) is -2.02. The number of benzene rings is 1. The normalized spacial score (nSPS) is 10.9. The fourth-order valence-electron chi connectivity index (χ4n) is 2.82. The second-order valence-electron chi connectivity index (χ2n) is 6.34. The number of aliphatic carboxylic acids is 1. The molecule has 0 aliphatic carbocycles. The van der Waals surface area contributed by atoms with E-state index in [-0.39, 0.29) is 59.1 Å². The Morgan fingerprint density at radius 2 is 1.90 bits per heavy atom. The first kappa shape index (κ1) is 27.0.